The fourth-order valence-corrected chi connectivity index (χ4v) is 3.57. The minimum Gasteiger partial charge on any atom is -0.438 e. The van der Waals surface area contributed by atoms with E-state index in [1.54, 1.807) is 43.6 Å². The van der Waals surface area contributed by atoms with Gasteiger partial charge in [0, 0.05) is 23.3 Å². The van der Waals surface area contributed by atoms with Gasteiger partial charge in [-0.3, -0.25) is 9.36 Å². The van der Waals surface area contributed by atoms with Crippen LogP contribution in [0.4, 0.5) is 0 Å². The maximum absolute atomic E-state index is 13.0. The van der Waals surface area contributed by atoms with Crippen LogP contribution in [0.2, 0.25) is 10.0 Å². The summed E-state index contributed by atoms with van der Waals surface area (Å²) in [6.45, 7) is 3.78. The third-order valence-electron chi connectivity index (χ3n) is 4.69. The standard InChI is InChI=1S/C22H17Cl2N3O2/c1-12-10-15(6-7-18(12)24)29-21-16(5-4-8-25-21)20-26-19-13(2)9-14(23)11-17(19)22(28)27(20)3/h4-11H,1-3H3. The maximum Gasteiger partial charge on any atom is 0.261 e. The van der Waals surface area contributed by atoms with Crippen LogP contribution >= 0.6 is 23.2 Å². The molecule has 0 atom stereocenters. The molecule has 0 spiro atoms. The number of aromatic nitrogens is 3. The van der Waals surface area contributed by atoms with E-state index in [0.29, 0.717) is 44.0 Å². The summed E-state index contributed by atoms with van der Waals surface area (Å²) in [5, 5.41) is 1.64. The van der Waals surface area contributed by atoms with Gasteiger partial charge in [-0.2, -0.15) is 0 Å². The molecule has 0 aliphatic rings. The van der Waals surface area contributed by atoms with Gasteiger partial charge in [0.05, 0.1) is 16.5 Å². The fraction of sp³-hybridized carbons (Fsp3) is 0.136. The second-order valence-corrected chi connectivity index (χ2v) is 7.63. The Morgan fingerprint density at radius 1 is 1.03 bits per heavy atom. The lowest BCUT2D eigenvalue weighted by molar-refractivity contribution is 0.464. The van der Waals surface area contributed by atoms with Gasteiger partial charge in [-0.15, -0.1) is 0 Å². The molecule has 0 aliphatic heterocycles. The van der Waals surface area contributed by atoms with E-state index in [-0.39, 0.29) is 5.56 Å². The van der Waals surface area contributed by atoms with Crippen molar-refractivity contribution >= 4 is 34.1 Å². The molecule has 2 aromatic heterocycles. The van der Waals surface area contributed by atoms with Crippen LogP contribution in [0.1, 0.15) is 11.1 Å². The summed E-state index contributed by atoms with van der Waals surface area (Å²) in [5.74, 6) is 1.41. The number of rotatable bonds is 3. The molecular formula is C22H17Cl2N3O2. The summed E-state index contributed by atoms with van der Waals surface area (Å²) in [4.78, 5) is 22.1. The lowest BCUT2D eigenvalue weighted by atomic mass is 10.1. The highest BCUT2D eigenvalue weighted by Crippen LogP contribution is 2.32. The number of nitrogens with zero attached hydrogens (tertiary/aromatic N) is 3. The number of hydrogen-bond acceptors (Lipinski definition) is 4. The van der Waals surface area contributed by atoms with E-state index in [1.807, 2.05) is 26.0 Å². The minimum absolute atomic E-state index is 0.187. The van der Waals surface area contributed by atoms with E-state index < -0.39 is 0 Å². The van der Waals surface area contributed by atoms with Crippen LogP contribution in [0.5, 0.6) is 11.6 Å². The monoisotopic (exact) mass is 425 g/mol. The summed E-state index contributed by atoms with van der Waals surface area (Å²) in [7, 11) is 1.67. The van der Waals surface area contributed by atoms with Gasteiger partial charge in [0.15, 0.2) is 0 Å². The van der Waals surface area contributed by atoms with Gasteiger partial charge in [-0.25, -0.2) is 9.97 Å². The van der Waals surface area contributed by atoms with Crippen molar-refractivity contribution in [3.8, 4) is 23.0 Å². The zero-order valence-electron chi connectivity index (χ0n) is 16.0. The topological polar surface area (TPSA) is 57.0 Å². The van der Waals surface area contributed by atoms with E-state index in [1.165, 1.54) is 4.57 Å². The zero-order valence-corrected chi connectivity index (χ0v) is 17.5. The number of hydrogen-bond donors (Lipinski definition) is 0. The van der Waals surface area contributed by atoms with Gasteiger partial charge >= 0.3 is 0 Å². The van der Waals surface area contributed by atoms with Crippen LogP contribution < -0.4 is 10.3 Å². The molecule has 4 rings (SSSR count). The third kappa shape index (κ3) is 3.59. The predicted octanol–water partition coefficient (Wildman–Crippen LogP) is 5.71. The Balaban J connectivity index is 1.90. The van der Waals surface area contributed by atoms with Gasteiger partial charge in [0.1, 0.15) is 11.6 Å². The van der Waals surface area contributed by atoms with E-state index >= 15 is 0 Å². The molecule has 4 aromatic rings. The molecule has 0 fully saturated rings. The molecule has 29 heavy (non-hydrogen) atoms. The Labute approximate surface area is 177 Å². The van der Waals surface area contributed by atoms with Crippen molar-refractivity contribution in [2.45, 2.75) is 13.8 Å². The molecule has 0 radical (unpaired) electrons. The van der Waals surface area contributed by atoms with Crippen molar-refractivity contribution in [1.29, 1.82) is 0 Å². The third-order valence-corrected chi connectivity index (χ3v) is 5.33. The molecule has 146 valence electrons. The van der Waals surface area contributed by atoms with Crippen molar-refractivity contribution in [3.05, 3.63) is 80.2 Å². The van der Waals surface area contributed by atoms with Gasteiger partial charge in [0.2, 0.25) is 5.88 Å². The number of benzene rings is 2. The van der Waals surface area contributed by atoms with E-state index in [4.69, 9.17) is 32.9 Å². The molecule has 0 aliphatic carbocycles. The molecule has 7 heteroatoms. The first kappa shape index (κ1) is 19.4. The van der Waals surface area contributed by atoms with Gasteiger partial charge in [-0.1, -0.05) is 23.2 Å². The molecule has 0 amide bonds. The molecule has 0 saturated carbocycles. The highest BCUT2D eigenvalue weighted by atomic mass is 35.5. The second-order valence-electron chi connectivity index (χ2n) is 6.79. The van der Waals surface area contributed by atoms with Gasteiger partial charge in [-0.05, 0) is 67.4 Å². The lowest BCUT2D eigenvalue weighted by Gasteiger charge is -2.14. The largest absolute Gasteiger partial charge is 0.438 e. The highest BCUT2D eigenvalue weighted by molar-refractivity contribution is 6.31. The average molecular weight is 426 g/mol. The quantitative estimate of drug-likeness (QED) is 0.421. The molecule has 5 nitrogen and oxygen atoms in total. The molecule has 0 N–H and O–H groups in total. The number of ether oxygens (including phenoxy) is 1. The number of aryl methyl sites for hydroxylation is 2. The number of fused-ring (bicyclic) bond motifs is 1. The van der Waals surface area contributed by atoms with Crippen molar-refractivity contribution < 1.29 is 4.74 Å². The highest BCUT2D eigenvalue weighted by Gasteiger charge is 2.17. The molecule has 2 aromatic carbocycles. The van der Waals surface area contributed by atoms with Crippen LogP contribution in [0, 0.1) is 13.8 Å². The number of halogens is 2. The van der Waals surface area contributed by atoms with Crippen molar-refractivity contribution in [2.75, 3.05) is 0 Å². The maximum atomic E-state index is 13.0. The van der Waals surface area contributed by atoms with Crippen LogP contribution in [0.25, 0.3) is 22.3 Å². The summed E-state index contributed by atoms with van der Waals surface area (Å²) >= 11 is 12.2. The van der Waals surface area contributed by atoms with Crippen molar-refractivity contribution in [2.24, 2.45) is 7.05 Å². The Morgan fingerprint density at radius 2 is 1.83 bits per heavy atom. The Bertz CT molecular complexity index is 1320. The molecular weight excluding hydrogens is 409 g/mol. The predicted molar refractivity (Wildman–Crippen MR) is 116 cm³/mol. The molecule has 2 heterocycles. The lowest BCUT2D eigenvalue weighted by Crippen LogP contribution is -2.21. The van der Waals surface area contributed by atoms with E-state index in [0.717, 1.165) is 11.1 Å². The van der Waals surface area contributed by atoms with Gasteiger partial charge < -0.3 is 4.74 Å². The van der Waals surface area contributed by atoms with E-state index in [2.05, 4.69) is 4.98 Å². The fourth-order valence-electron chi connectivity index (χ4n) is 3.18. The smallest absolute Gasteiger partial charge is 0.261 e. The SMILES string of the molecule is Cc1cc(Oc2ncccc2-c2nc3c(C)cc(Cl)cc3c(=O)n2C)ccc1Cl. The van der Waals surface area contributed by atoms with Crippen molar-refractivity contribution in [1.82, 2.24) is 14.5 Å². The Kier molecular flexibility index (Phi) is 5.03. The van der Waals surface area contributed by atoms with Crippen LogP contribution in [0.15, 0.2) is 53.5 Å². The molecule has 0 bridgehead atoms. The first-order valence-electron chi connectivity index (χ1n) is 8.91. The van der Waals surface area contributed by atoms with Gasteiger partial charge in [0.25, 0.3) is 5.56 Å². The molecule has 0 saturated heterocycles. The van der Waals surface area contributed by atoms with Crippen molar-refractivity contribution in [3.63, 3.8) is 0 Å². The first-order valence-corrected chi connectivity index (χ1v) is 9.67. The normalized spacial score (nSPS) is 11.1. The Morgan fingerprint density at radius 3 is 2.59 bits per heavy atom. The first-order chi connectivity index (χ1) is 13.8. The van der Waals surface area contributed by atoms with E-state index in [9.17, 15) is 4.79 Å². The summed E-state index contributed by atoms with van der Waals surface area (Å²) < 4.78 is 7.49. The van der Waals surface area contributed by atoms with Crippen LogP contribution in [-0.4, -0.2) is 14.5 Å². The summed E-state index contributed by atoms with van der Waals surface area (Å²) in [6, 6.07) is 12.4. The second kappa shape index (κ2) is 7.50. The Hall–Kier alpha value is -2.89. The average Bonchev–Trinajstić information content (AvgIpc) is 2.69. The van der Waals surface area contributed by atoms with Crippen LogP contribution in [0.3, 0.4) is 0 Å². The van der Waals surface area contributed by atoms with Crippen LogP contribution in [-0.2, 0) is 7.05 Å². The zero-order chi connectivity index (χ0) is 20.7. The molecule has 0 unspecified atom stereocenters. The summed E-state index contributed by atoms with van der Waals surface area (Å²) in [6.07, 6.45) is 1.63. The number of pyridine rings is 1. The minimum atomic E-state index is -0.187. The summed E-state index contributed by atoms with van der Waals surface area (Å²) in [5.41, 5.74) is 2.74.